The van der Waals surface area contributed by atoms with Gasteiger partial charge in [0.25, 0.3) is 0 Å². The smallest absolute Gasteiger partial charge is 0.243 e. The number of halogens is 1. The molecule has 3 rings (SSSR count). The molecule has 1 aliphatic heterocycles. The summed E-state index contributed by atoms with van der Waals surface area (Å²) in [5, 5.41) is 0.644. The Bertz CT molecular complexity index is 601. The number of hydrazine groups is 1. The Morgan fingerprint density at radius 1 is 1.41 bits per heavy atom. The van der Waals surface area contributed by atoms with E-state index >= 15 is 0 Å². The van der Waals surface area contributed by atoms with Crippen molar-refractivity contribution in [3.8, 4) is 0 Å². The van der Waals surface area contributed by atoms with Crippen molar-refractivity contribution in [3.05, 3.63) is 28.8 Å². The Morgan fingerprint density at radius 3 is 2.86 bits per heavy atom. The molecule has 2 fully saturated rings. The maximum atomic E-state index is 12.2. The SMILES string of the molecule is Cc1ccc(NNC(=O)[C@@H]2CC(=O)N(CC3CC3)C2)cc1Cl. The number of likely N-dealkylation sites (tertiary alicyclic amines) is 1. The first-order valence-corrected chi connectivity index (χ1v) is 8.00. The Morgan fingerprint density at radius 2 is 2.18 bits per heavy atom. The molecule has 1 atom stereocenters. The Hall–Kier alpha value is -1.75. The highest BCUT2D eigenvalue weighted by Gasteiger charge is 2.37. The number of carbonyl (C=O) groups is 2. The lowest BCUT2D eigenvalue weighted by atomic mass is 10.1. The Balaban J connectivity index is 1.51. The molecule has 1 aromatic carbocycles. The van der Waals surface area contributed by atoms with Gasteiger partial charge in [0.1, 0.15) is 0 Å². The minimum atomic E-state index is -0.278. The van der Waals surface area contributed by atoms with E-state index in [9.17, 15) is 9.59 Å². The average Bonchev–Trinajstić information content (AvgIpc) is 3.23. The van der Waals surface area contributed by atoms with E-state index < -0.39 is 0 Å². The second-order valence-electron chi connectivity index (χ2n) is 6.22. The van der Waals surface area contributed by atoms with Gasteiger partial charge in [-0.25, -0.2) is 0 Å². The first-order valence-electron chi connectivity index (χ1n) is 7.62. The van der Waals surface area contributed by atoms with Crippen molar-refractivity contribution in [2.24, 2.45) is 11.8 Å². The lowest BCUT2D eigenvalue weighted by Gasteiger charge is -2.16. The number of rotatable bonds is 5. The molecule has 0 aromatic heterocycles. The van der Waals surface area contributed by atoms with E-state index in [2.05, 4.69) is 10.9 Å². The van der Waals surface area contributed by atoms with Crippen LogP contribution in [0.25, 0.3) is 0 Å². The lowest BCUT2D eigenvalue weighted by molar-refractivity contribution is -0.129. The third kappa shape index (κ3) is 3.53. The van der Waals surface area contributed by atoms with Crippen LogP contribution < -0.4 is 10.9 Å². The molecular weight excluding hydrogens is 302 g/mol. The number of hydrogen-bond acceptors (Lipinski definition) is 3. The fourth-order valence-electron chi connectivity index (χ4n) is 2.64. The highest BCUT2D eigenvalue weighted by Crippen LogP contribution is 2.32. The molecule has 1 saturated heterocycles. The van der Waals surface area contributed by atoms with Crippen LogP contribution in [0.3, 0.4) is 0 Å². The maximum absolute atomic E-state index is 12.2. The Kier molecular flexibility index (Phi) is 4.25. The van der Waals surface area contributed by atoms with Crippen molar-refractivity contribution >= 4 is 29.1 Å². The second kappa shape index (κ2) is 6.16. The van der Waals surface area contributed by atoms with Crippen molar-refractivity contribution in [2.75, 3.05) is 18.5 Å². The van der Waals surface area contributed by atoms with E-state index in [-0.39, 0.29) is 17.7 Å². The van der Waals surface area contributed by atoms with E-state index in [1.807, 2.05) is 24.0 Å². The van der Waals surface area contributed by atoms with Crippen LogP contribution in [0.15, 0.2) is 18.2 Å². The lowest BCUT2D eigenvalue weighted by Crippen LogP contribution is -2.36. The van der Waals surface area contributed by atoms with Crippen molar-refractivity contribution in [1.82, 2.24) is 10.3 Å². The van der Waals surface area contributed by atoms with Gasteiger partial charge in [-0.15, -0.1) is 0 Å². The number of nitrogens with zero attached hydrogens (tertiary/aromatic N) is 1. The van der Waals surface area contributed by atoms with E-state index in [0.717, 1.165) is 17.8 Å². The van der Waals surface area contributed by atoms with Gasteiger partial charge in [-0.05, 0) is 43.4 Å². The number of aryl methyl sites for hydroxylation is 1. The highest BCUT2D eigenvalue weighted by molar-refractivity contribution is 6.31. The third-order valence-electron chi connectivity index (χ3n) is 4.26. The molecule has 6 heteroatoms. The zero-order valence-corrected chi connectivity index (χ0v) is 13.3. The number of hydrogen-bond donors (Lipinski definition) is 2. The molecule has 1 saturated carbocycles. The van der Waals surface area contributed by atoms with Crippen molar-refractivity contribution in [3.63, 3.8) is 0 Å². The normalized spacial score (nSPS) is 21.1. The zero-order chi connectivity index (χ0) is 15.7. The molecule has 0 radical (unpaired) electrons. The first-order chi connectivity index (χ1) is 10.5. The fraction of sp³-hybridized carbons (Fsp3) is 0.500. The van der Waals surface area contributed by atoms with Crippen LogP contribution in [0, 0.1) is 18.8 Å². The van der Waals surface area contributed by atoms with Crippen molar-refractivity contribution in [1.29, 1.82) is 0 Å². The summed E-state index contributed by atoms with van der Waals surface area (Å²) in [6, 6.07) is 5.49. The summed E-state index contributed by atoms with van der Waals surface area (Å²) in [6.45, 7) is 3.25. The van der Waals surface area contributed by atoms with Gasteiger partial charge in [-0.1, -0.05) is 17.7 Å². The maximum Gasteiger partial charge on any atom is 0.243 e. The third-order valence-corrected chi connectivity index (χ3v) is 4.67. The molecule has 0 bridgehead atoms. The van der Waals surface area contributed by atoms with Crippen LogP contribution in [-0.4, -0.2) is 29.8 Å². The standard InChI is InChI=1S/C16H20ClN3O2/c1-10-2-5-13(7-14(10)17)18-19-16(22)12-6-15(21)20(9-12)8-11-3-4-11/h2,5,7,11-12,18H,3-4,6,8-9H2,1H3,(H,19,22)/t12-/m1/s1. The predicted molar refractivity (Wildman–Crippen MR) is 85.4 cm³/mol. The molecule has 2 N–H and O–H groups in total. The second-order valence-corrected chi connectivity index (χ2v) is 6.63. The number of carbonyl (C=O) groups excluding carboxylic acids is 2. The van der Waals surface area contributed by atoms with Crippen molar-refractivity contribution in [2.45, 2.75) is 26.2 Å². The number of benzene rings is 1. The zero-order valence-electron chi connectivity index (χ0n) is 12.6. The van der Waals surface area contributed by atoms with Crippen LogP contribution in [0.5, 0.6) is 0 Å². The summed E-state index contributed by atoms with van der Waals surface area (Å²) in [7, 11) is 0. The van der Waals surface area contributed by atoms with Crippen LogP contribution in [-0.2, 0) is 9.59 Å². The molecule has 118 valence electrons. The minimum Gasteiger partial charge on any atom is -0.342 e. The summed E-state index contributed by atoms with van der Waals surface area (Å²) >= 11 is 6.04. The van der Waals surface area contributed by atoms with Gasteiger partial charge in [-0.3, -0.25) is 20.4 Å². The summed E-state index contributed by atoms with van der Waals surface area (Å²) in [5.41, 5.74) is 7.24. The van der Waals surface area contributed by atoms with Gasteiger partial charge in [0.2, 0.25) is 11.8 Å². The minimum absolute atomic E-state index is 0.0884. The fourth-order valence-corrected chi connectivity index (χ4v) is 2.82. The summed E-state index contributed by atoms with van der Waals surface area (Å²) in [5.74, 6) is 0.312. The first kappa shape index (κ1) is 15.2. The highest BCUT2D eigenvalue weighted by atomic mass is 35.5. The molecule has 0 unspecified atom stereocenters. The van der Waals surface area contributed by atoms with Crippen LogP contribution >= 0.6 is 11.6 Å². The molecule has 2 aliphatic rings. The quantitative estimate of drug-likeness (QED) is 0.818. The van der Waals surface area contributed by atoms with Crippen LogP contribution in [0.1, 0.15) is 24.8 Å². The van der Waals surface area contributed by atoms with E-state index in [0.29, 0.717) is 23.9 Å². The molecule has 22 heavy (non-hydrogen) atoms. The topological polar surface area (TPSA) is 61.4 Å². The van der Waals surface area contributed by atoms with E-state index in [1.54, 1.807) is 6.07 Å². The molecule has 2 amide bonds. The number of anilines is 1. The predicted octanol–water partition coefficient (Wildman–Crippen LogP) is 2.35. The molecule has 1 aliphatic carbocycles. The number of amides is 2. The van der Waals surface area contributed by atoms with Gasteiger partial charge in [0.15, 0.2) is 0 Å². The summed E-state index contributed by atoms with van der Waals surface area (Å²) in [4.78, 5) is 25.9. The van der Waals surface area contributed by atoms with Crippen molar-refractivity contribution < 1.29 is 9.59 Å². The molecule has 1 heterocycles. The van der Waals surface area contributed by atoms with Gasteiger partial charge < -0.3 is 4.90 Å². The number of nitrogens with one attached hydrogen (secondary N) is 2. The van der Waals surface area contributed by atoms with Crippen LogP contribution in [0.2, 0.25) is 5.02 Å². The van der Waals surface area contributed by atoms with E-state index in [4.69, 9.17) is 11.6 Å². The summed E-state index contributed by atoms with van der Waals surface area (Å²) in [6.07, 6.45) is 2.71. The molecule has 0 spiro atoms. The monoisotopic (exact) mass is 321 g/mol. The van der Waals surface area contributed by atoms with Gasteiger partial charge in [-0.2, -0.15) is 0 Å². The molecule has 5 nitrogen and oxygen atoms in total. The van der Waals surface area contributed by atoms with Gasteiger partial charge in [0.05, 0.1) is 11.6 Å². The summed E-state index contributed by atoms with van der Waals surface area (Å²) < 4.78 is 0. The van der Waals surface area contributed by atoms with Gasteiger partial charge in [0, 0.05) is 24.5 Å². The largest absolute Gasteiger partial charge is 0.342 e. The van der Waals surface area contributed by atoms with Crippen LogP contribution in [0.4, 0.5) is 5.69 Å². The molecule has 1 aromatic rings. The molecular formula is C16H20ClN3O2. The van der Waals surface area contributed by atoms with Gasteiger partial charge >= 0.3 is 0 Å². The van der Waals surface area contributed by atoms with E-state index in [1.165, 1.54) is 12.8 Å². The average molecular weight is 322 g/mol. The Labute approximate surface area is 135 Å².